The van der Waals surface area contributed by atoms with E-state index in [0.717, 1.165) is 0 Å². The molecule has 0 spiro atoms. The normalized spacial score (nSPS) is 10.7. The van der Waals surface area contributed by atoms with Crippen molar-refractivity contribution in [3.63, 3.8) is 0 Å². The Balaban J connectivity index is 2.08. The van der Waals surface area contributed by atoms with Gasteiger partial charge in [0.1, 0.15) is 0 Å². The van der Waals surface area contributed by atoms with Crippen LogP contribution in [0.4, 0.5) is 5.69 Å². The second-order valence-electron chi connectivity index (χ2n) is 4.18. The van der Waals surface area contributed by atoms with Crippen LogP contribution in [0.2, 0.25) is 0 Å². The highest BCUT2D eigenvalue weighted by atomic mass is 16.4. The molecule has 3 N–H and O–H groups in total. The number of rotatable bonds is 2. The number of carbonyl (C=O) groups is 1. The molecule has 1 aromatic heterocycles. The fraction of sp³-hybridized carbons (Fsp3) is 0. The number of fused-ring (bicyclic) bond motifs is 1. The number of ketones is 1. The highest BCUT2D eigenvalue weighted by Crippen LogP contribution is 2.17. The Hall–Kier alpha value is -2.82. The van der Waals surface area contributed by atoms with Crippen molar-refractivity contribution in [2.75, 3.05) is 5.73 Å². The predicted octanol–water partition coefficient (Wildman–Crippen LogP) is 1.93. The van der Waals surface area contributed by atoms with E-state index in [1.165, 1.54) is 0 Å². The zero-order chi connectivity index (χ0) is 13.4. The maximum absolute atomic E-state index is 12.3. The van der Waals surface area contributed by atoms with E-state index in [2.05, 4.69) is 4.98 Å². The van der Waals surface area contributed by atoms with Crippen LogP contribution in [0.1, 0.15) is 15.9 Å². The molecule has 0 bridgehead atoms. The van der Waals surface area contributed by atoms with E-state index in [0.29, 0.717) is 27.9 Å². The van der Waals surface area contributed by atoms with Crippen molar-refractivity contribution < 1.29 is 9.21 Å². The van der Waals surface area contributed by atoms with Gasteiger partial charge in [0.2, 0.25) is 0 Å². The van der Waals surface area contributed by atoms with Crippen LogP contribution in [0, 0.1) is 0 Å². The van der Waals surface area contributed by atoms with Gasteiger partial charge in [-0.1, -0.05) is 12.1 Å². The largest absolute Gasteiger partial charge is 0.417 e. The molecule has 19 heavy (non-hydrogen) atoms. The lowest BCUT2D eigenvalue weighted by Crippen LogP contribution is -2.02. The average Bonchev–Trinajstić information content (AvgIpc) is 2.76. The number of nitrogens with one attached hydrogen (secondary N) is 1. The fourth-order valence-electron chi connectivity index (χ4n) is 1.94. The van der Waals surface area contributed by atoms with Crippen LogP contribution in [0.5, 0.6) is 0 Å². The third-order valence-electron chi connectivity index (χ3n) is 2.83. The Labute approximate surface area is 107 Å². The van der Waals surface area contributed by atoms with Gasteiger partial charge in [0, 0.05) is 16.8 Å². The monoisotopic (exact) mass is 254 g/mol. The first-order valence-electron chi connectivity index (χ1n) is 5.66. The number of benzene rings is 2. The van der Waals surface area contributed by atoms with Crippen molar-refractivity contribution in [3.8, 4) is 0 Å². The molecule has 0 amide bonds. The molecular weight excluding hydrogens is 244 g/mol. The number of aromatic amines is 1. The summed E-state index contributed by atoms with van der Waals surface area (Å²) in [5.41, 5.74) is 8.08. The zero-order valence-electron chi connectivity index (χ0n) is 9.84. The summed E-state index contributed by atoms with van der Waals surface area (Å²) in [5.74, 6) is -0.695. The second kappa shape index (κ2) is 4.13. The second-order valence-corrected chi connectivity index (χ2v) is 4.18. The van der Waals surface area contributed by atoms with E-state index < -0.39 is 5.76 Å². The molecule has 0 saturated heterocycles. The highest BCUT2D eigenvalue weighted by molar-refractivity contribution is 6.10. The van der Waals surface area contributed by atoms with E-state index >= 15 is 0 Å². The molecule has 5 nitrogen and oxygen atoms in total. The predicted molar refractivity (Wildman–Crippen MR) is 71.1 cm³/mol. The molecule has 0 aliphatic rings. The van der Waals surface area contributed by atoms with Crippen molar-refractivity contribution >= 4 is 22.6 Å². The maximum atomic E-state index is 12.3. The first-order chi connectivity index (χ1) is 9.13. The molecule has 0 fully saturated rings. The molecule has 0 aliphatic heterocycles. The van der Waals surface area contributed by atoms with E-state index in [-0.39, 0.29) is 5.78 Å². The molecular formula is C14H10N2O3. The molecule has 0 radical (unpaired) electrons. The van der Waals surface area contributed by atoms with Gasteiger partial charge in [0.05, 0.1) is 5.52 Å². The Morgan fingerprint density at radius 2 is 1.89 bits per heavy atom. The van der Waals surface area contributed by atoms with Gasteiger partial charge < -0.3 is 10.2 Å². The average molecular weight is 254 g/mol. The first kappa shape index (κ1) is 11.3. The molecule has 0 atom stereocenters. The number of carbonyl (C=O) groups excluding carboxylic acids is 1. The number of H-pyrrole nitrogens is 1. The minimum absolute atomic E-state index is 0.156. The molecule has 5 heteroatoms. The quantitative estimate of drug-likeness (QED) is 0.540. The van der Waals surface area contributed by atoms with E-state index in [9.17, 15) is 9.59 Å². The van der Waals surface area contributed by atoms with Crippen LogP contribution in [0.25, 0.3) is 11.1 Å². The molecule has 94 valence electrons. The number of nitrogens with two attached hydrogens (primary N) is 1. The summed E-state index contributed by atoms with van der Waals surface area (Å²) in [6, 6.07) is 11.5. The number of hydrogen-bond acceptors (Lipinski definition) is 4. The molecule has 3 rings (SSSR count). The first-order valence-corrected chi connectivity index (χ1v) is 5.66. The SMILES string of the molecule is Nc1cccc(C(=O)c2ccc3oc(=O)[nH]c3c2)c1. The van der Waals surface area contributed by atoms with Crippen LogP contribution in [0.15, 0.2) is 51.7 Å². The molecule has 3 aromatic rings. The Morgan fingerprint density at radius 1 is 1.11 bits per heavy atom. The van der Waals surface area contributed by atoms with Gasteiger partial charge >= 0.3 is 5.76 Å². The summed E-state index contributed by atoms with van der Waals surface area (Å²) < 4.78 is 4.89. The van der Waals surface area contributed by atoms with E-state index in [1.807, 2.05) is 0 Å². The summed E-state index contributed by atoms with van der Waals surface area (Å²) in [6.07, 6.45) is 0. The number of hydrogen-bond donors (Lipinski definition) is 2. The van der Waals surface area contributed by atoms with Crippen molar-refractivity contribution in [3.05, 3.63) is 64.1 Å². The van der Waals surface area contributed by atoms with Crippen molar-refractivity contribution in [1.29, 1.82) is 0 Å². The summed E-state index contributed by atoms with van der Waals surface area (Å²) in [4.78, 5) is 25.8. The topological polar surface area (TPSA) is 89.1 Å². The van der Waals surface area contributed by atoms with E-state index in [1.54, 1.807) is 42.5 Å². The summed E-state index contributed by atoms with van der Waals surface area (Å²) in [7, 11) is 0. The van der Waals surface area contributed by atoms with Gasteiger partial charge in [-0.15, -0.1) is 0 Å². The van der Waals surface area contributed by atoms with Crippen LogP contribution < -0.4 is 11.5 Å². The molecule has 0 unspecified atom stereocenters. The maximum Gasteiger partial charge on any atom is 0.417 e. The number of anilines is 1. The summed E-state index contributed by atoms with van der Waals surface area (Å²) >= 11 is 0. The number of aromatic nitrogens is 1. The molecule has 1 heterocycles. The van der Waals surface area contributed by atoms with Crippen LogP contribution in [-0.4, -0.2) is 10.8 Å². The van der Waals surface area contributed by atoms with Crippen molar-refractivity contribution in [2.45, 2.75) is 0 Å². The fourth-order valence-corrected chi connectivity index (χ4v) is 1.94. The third-order valence-corrected chi connectivity index (χ3v) is 2.83. The van der Waals surface area contributed by atoms with E-state index in [4.69, 9.17) is 10.2 Å². The Morgan fingerprint density at radius 3 is 2.68 bits per heavy atom. The van der Waals surface area contributed by atoms with Gasteiger partial charge in [0.25, 0.3) is 0 Å². The molecule has 0 aliphatic carbocycles. The minimum atomic E-state index is -0.538. The smallest absolute Gasteiger partial charge is 0.408 e. The van der Waals surface area contributed by atoms with Crippen LogP contribution in [-0.2, 0) is 0 Å². The van der Waals surface area contributed by atoms with Crippen LogP contribution in [0.3, 0.4) is 0 Å². The highest BCUT2D eigenvalue weighted by Gasteiger charge is 2.11. The number of nitrogen functional groups attached to an aromatic ring is 1. The van der Waals surface area contributed by atoms with Gasteiger partial charge in [-0.2, -0.15) is 0 Å². The number of oxazole rings is 1. The third kappa shape index (κ3) is 2.01. The lowest BCUT2D eigenvalue weighted by molar-refractivity contribution is 0.103. The van der Waals surface area contributed by atoms with Gasteiger partial charge in [-0.3, -0.25) is 9.78 Å². The zero-order valence-corrected chi connectivity index (χ0v) is 9.84. The minimum Gasteiger partial charge on any atom is -0.408 e. The van der Waals surface area contributed by atoms with Crippen molar-refractivity contribution in [1.82, 2.24) is 4.98 Å². The van der Waals surface area contributed by atoms with Gasteiger partial charge in [-0.05, 0) is 30.3 Å². The Bertz CT molecular complexity index is 830. The lowest BCUT2D eigenvalue weighted by atomic mass is 10.0. The molecule has 2 aromatic carbocycles. The van der Waals surface area contributed by atoms with Crippen molar-refractivity contribution in [2.24, 2.45) is 0 Å². The van der Waals surface area contributed by atoms with Gasteiger partial charge in [-0.25, -0.2) is 4.79 Å². The Kier molecular flexibility index (Phi) is 2.45. The lowest BCUT2D eigenvalue weighted by Gasteiger charge is -2.02. The summed E-state index contributed by atoms with van der Waals surface area (Å²) in [6.45, 7) is 0. The van der Waals surface area contributed by atoms with Crippen LogP contribution >= 0.6 is 0 Å². The molecule has 0 saturated carbocycles. The standard InChI is InChI=1S/C14H10N2O3/c15-10-3-1-2-8(6-10)13(17)9-4-5-12-11(7-9)16-14(18)19-12/h1-7H,15H2,(H,16,18). The summed E-state index contributed by atoms with van der Waals surface area (Å²) in [5, 5.41) is 0. The van der Waals surface area contributed by atoms with Gasteiger partial charge in [0.15, 0.2) is 11.4 Å².